The van der Waals surface area contributed by atoms with Crippen molar-refractivity contribution in [1.29, 1.82) is 0 Å². The van der Waals surface area contributed by atoms with E-state index in [-0.39, 0.29) is 5.56 Å². The van der Waals surface area contributed by atoms with E-state index in [1.807, 2.05) is 13.0 Å². The van der Waals surface area contributed by atoms with Gasteiger partial charge in [0.15, 0.2) is 0 Å². The van der Waals surface area contributed by atoms with E-state index in [4.69, 9.17) is 5.11 Å². The van der Waals surface area contributed by atoms with Gasteiger partial charge in [0, 0.05) is 16.0 Å². The zero-order valence-electron chi connectivity index (χ0n) is 13.0. The number of carboxylic acids is 1. The number of hydrogen-bond acceptors (Lipinski definition) is 3. The zero-order valence-corrected chi connectivity index (χ0v) is 13.9. The molecular formula is C17H13F3N2O2S. The van der Waals surface area contributed by atoms with Crippen LogP contribution >= 0.6 is 11.3 Å². The first kappa shape index (κ1) is 17.2. The summed E-state index contributed by atoms with van der Waals surface area (Å²) in [5.74, 6) is -1.06. The number of carbonyl (C=O) groups is 1. The Morgan fingerprint density at radius 1 is 1.32 bits per heavy atom. The van der Waals surface area contributed by atoms with Gasteiger partial charge in [-0.2, -0.15) is 18.3 Å². The number of rotatable bonds is 4. The molecule has 0 amide bonds. The molecule has 0 saturated heterocycles. The van der Waals surface area contributed by atoms with Crippen LogP contribution in [0.1, 0.15) is 25.7 Å². The van der Waals surface area contributed by atoms with Crippen LogP contribution < -0.4 is 0 Å². The molecule has 2 aromatic heterocycles. The summed E-state index contributed by atoms with van der Waals surface area (Å²) in [6.45, 7) is 2.20. The first-order chi connectivity index (χ1) is 11.7. The van der Waals surface area contributed by atoms with Crippen LogP contribution in [0.4, 0.5) is 13.2 Å². The highest BCUT2D eigenvalue weighted by molar-refractivity contribution is 7.12. The number of benzene rings is 1. The lowest BCUT2D eigenvalue weighted by Gasteiger charge is -2.08. The van der Waals surface area contributed by atoms with E-state index >= 15 is 0 Å². The van der Waals surface area contributed by atoms with E-state index in [1.54, 1.807) is 6.07 Å². The van der Waals surface area contributed by atoms with Crippen LogP contribution in [0.2, 0.25) is 0 Å². The van der Waals surface area contributed by atoms with Crippen LogP contribution in [0.25, 0.3) is 11.1 Å². The highest BCUT2D eigenvalue weighted by Gasteiger charge is 2.30. The number of hydrogen-bond donors (Lipinski definition) is 1. The molecule has 0 aliphatic carbocycles. The van der Waals surface area contributed by atoms with Crippen molar-refractivity contribution in [3.05, 3.63) is 63.6 Å². The van der Waals surface area contributed by atoms with Crippen molar-refractivity contribution in [3.63, 3.8) is 0 Å². The molecule has 0 atom stereocenters. The summed E-state index contributed by atoms with van der Waals surface area (Å²) in [5, 5.41) is 12.9. The summed E-state index contributed by atoms with van der Waals surface area (Å²) in [6, 6.07) is 7.03. The lowest BCUT2D eigenvalue weighted by atomic mass is 10.0. The van der Waals surface area contributed by atoms with Crippen molar-refractivity contribution >= 4 is 17.3 Å². The van der Waals surface area contributed by atoms with Gasteiger partial charge in [-0.3, -0.25) is 4.68 Å². The third kappa shape index (κ3) is 3.74. The molecule has 1 N–H and O–H groups in total. The lowest BCUT2D eigenvalue weighted by Crippen LogP contribution is -2.04. The van der Waals surface area contributed by atoms with Crippen LogP contribution in [0.15, 0.2) is 42.7 Å². The third-order valence-corrected chi connectivity index (χ3v) is 4.70. The molecule has 3 aromatic rings. The largest absolute Gasteiger partial charge is 0.478 e. The maximum absolute atomic E-state index is 12.9. The Balaban J connectivity index is 1.88. The minimum atomic E-state index is -4.38. The number of thiophene rings is 1. The molecule has 0 bridgehead atoms. The molecule has 0 saturated carbocycles. The maximum atomic E-state index is 12.9. The second-order valence-electron chi connectivity index (χ2n) is 5.49. The summed E-state index contributed by atoms with van der Waals surface area (Å²) < 4.78 is 40.2. The second kappa shape index (κ2) is 6.36. The topological polar surface area (TPSA) is 55.1 Å². The van der Waals surface area contributed by atoms with E-state index in [2.05, 4.69) is 5.10 Å². The number of alkyl halides is 3. The number of aryl methyl sites for hydroxylation is 1. The van der Waals surface area contributed by atoms with Gasteiger partial charge in [-0.15, -0.1) is 11.3 Å². The number of nitrogens with zero attached hydrogens (tertiary/aromatic N) is 2. The molecule has 0 aliphatic rings. The van der Waals surface area contributed by atoms with Crippen molar-refractivity contribution in [3.8, 4) is 11.1 Å². The first-order valence-corrected chi connectivity index (χ1v) is 8.08. The Morgan fingerprint density at radius 2 is 2.08 bits per heavy atom. The van der Waals surface area contributed by atoms with Gasteiger partial charge < -0.3 is 5.11 Å². The fourth-order valence-electron chi connectivity index (χ4n) is 2.49. The number of aromatic carboxylic acids is 1. The van der Waals surface area contributed by atoms with Gasteiger partial charge in [0.2, 0.25) is 0 Å². The van der Waals surface area contributed by atoms with Gasteiger partial charge in [0.1, 0.15) is 0 Å². The van der Waals surface area contributed by atoms with Gasteiger partial charge in [0.05, 0.1) is 23.9 Å². The molecule has 130 valence electrons. The molecule has 3 rings (SSSR count). The molecule has 4 nitrogen and oxygen atoms in total. The predicted molar refractivity (Wildman–Crippen MR) is 87.8 cm³/mol. The van der Waals surface area contributed by atoms with Crippen LogP contribution in [-0.2, 0) is 12.7 Å². The monoisotopic (exact) mass is 366 g/mol. The average Bonchev–Trinajstić information content (AvgIpc) is 3.14. The fraction of sp³-hybridized carbons (Fsp3) is 0.176. The quantitative estimate of drug-likeness (QED) is 0.729. The van der Waals surface area contributed by atoms with E-state index < -0.39 is 17.7 Å². The normalized spacial score (nSPS) is 11.7. The predicted octanol–water partition coefficient (Wildman–Crippen LogP) is 4.69. The molecule has 0 spiro atoms. The minimum Gasteiger partial charge on any atom is -0.478 e. The standard InChI is InChI=1S/C17H13F3N2O2S/c1-10-15(11-3-2-4-13(5-11)17(18,19)20)6-14(25-10)9-22-8-12(7-21-22)16(23)24/h2-8H,9H2,1H3,(H,23,24). The lowest BCUT2D eigenvalue weighted by molar-refractivity contribution is -0.137. The zero-order chi connectivity index (χ0) is 18.2. The van der Waals surface area contributed by atoms with Crippen molar-refractivity contribution in [2.75, 3.05) is 0 Å². The Bertz CT molecular complexity index is 928. The molecule has 8 heteroatoms. The van der Waals surface area contributed by atoms with E-state index in [0.717, 1.165) is 27.5 Å². The molecule has 0 aliphatic heterocycles. The Labute approximate surface area is 145 Å². The molecular weight excluding hydrogens is 353 g/mol. The fourth-order valence-corrected chi connectivity index (χ4v) is 3.55. The van der Waals surface area contributed by atoms with Crippen molar-refractivity contribution in [1.82, 2.24) is 9.78 Å². The molecule has 0 radical (unpaired) electrons. The molecule has 2 heterocycles. The van der Waals surface area contributed by atoms with Crippen LogP contribution in [0.3, 0.4) is 0 Å². The highest BCUT2D eigenvalue weighted by atomic mass is 32.1. The summed E-state index contributed by atoms with van der Waals surface area (Å²) in [7, 11) is 0. The molecule has 1 aromatic carbocycles. The Hall–Kier alpha value is -2.61. The Morgan fingerprint density at radius 3 is 2.72 bits per heavy atom. The summed E-state index contributed by atoms with van der Waals surface area (Å²) in [5.41, 5.74) is 0.639. The van der Waals surface area contributed by atoms with E-state index in [0.29, 0.717) is 12.1 Å². The number of carboxylic acid groups (broad SMARTS) is 1. The average molecular weight is 366 g/mol. The van der Waals surface area contributed by atoms with Crippen molar-refractivity contribution in [2.45, 2.75) is 19.6 Å². The summed E-state index contributed by atoms with van der Waals surface area (Å²) in [4.78, 5) is 12.6. The summed E-state index contributed by atoms with van der Waals surface area (Å²) >= 11 is 1.45. The van der Waals surface area contributed by atoms with Crippen LogP contribution in [0.5, 0.6) is 0 Å². The second-order valence-corrected chi connectivity index (χ2v) is 6.83. The smallest absolute Gasteiger partial charge is 0.416 e. The highest BCUT2D eigenvalue weighted by Crippen LogP contribution is 2.35. The maximum Gasteiger partial charge on any atom is 0.416 e. The minimum absolute atomic E-state index is 0.0892. The first-order valence-electron chi connectivity index (χ1n) is 7.27. The van der Waals surface area contributed by atoms with E-state index in [9.17, 15) is 18.0 Å². The van der Waals surface area contributed by atoms with Crippen LogP contribution in [0, 0.1) is 6.92 Å². The number of aromatic nitrogens is 2. The molecule has 0 unspecified atom stereocenters. The third-order valence-electron chi connectivity index (χ3n) is 3.67. The van der Waals surface area contributed by atoms with Gasteiger partial charge in [-0.25, -0.2) is 4.79 Å². The SMILES string of the molecule is Cc1sc(Cn2cc(C(=O)O)cn2)cc1-c1cccc(C(F)(F)F)c1. The van der Waals surface area contributed by atoms with Gasteiger partial charge in [-0.1, -0.05) is 12.1 Å². The van der Waals surface area contributed by atoms with Crippen molar-refractivity contribution in [2.24, 2.45) is 0 Å². The number of halogens is 3. The Kier molecular flexibility index (Phi) is 4.38. The van der Waals surface area contributed by atoms with Crippen LogP contribution in [-0.4, -0.2) is 20.9 Å². The van der Waals surface area contributed by atoms with E-state index in [1.165, 1.54) is 34.5 Å². The van der Waals surface area contributed by atoms with Gasteiger partial charge >= 0.3 is 12.1 Å². The molecule has 25 heavy (non-hydrogen) atoms. The molecule has 0 fully saturated rings. The van der Waals surface area contributed by atoms with Crippen molar-refractivity contribution < 1.29 is 23.1 Å². The summed E-state index contributed by atoms with van der Waals surface area (Å²) in [6.07, 6.45) is -1.71. The van der Waals surface area contributed by atoms with Gasteiger partial charge in [0.25, 0.3) is 0 Å². The van der Waals surface area contributed by atoms with Gasteiger partial charge in [-0.05, 0) is 36.2 Å².